The van der Waals surface area contributed by atoms with Crippen molar-refractivity contribution in [1.29, 1.82) is 0 Å². The number of aromatic nitrogens is 6. The van der Waals surface area contributed by atoms with E-state index in [1.165, 1.54) is 135 Å². The highest BCUT2D eigenvalue weighted by Gasteiger charge is 2.20. The van der Waals surface area contributed by atoms with E-state index in [9.17, 15) is 0 Å². The molecule has 392 valence electrons. The van der Waals surface area contributed by atoms with Crippen LogP contribution in [0.1, 0.15) is 0 Å². The molecular formula is C76H46N6S2. The maximum absolute atomic E-state index is 5.01. The van der Waals surface area contributed by atoms with Crippen molar-refractivity contribution in [2.24, 2.45) is 0 Å². The van der Waals surface area contributed by atoms with Crippen LogP contribution in [0.4, 0.5) is 0 Å². The molecule has 0 radical (unpaired) electrons. The van der Waals surface area contributed by atoms with Gasteiger partial charge in [-0.15, -0.1) is 22.7 Å². The van der Waals surface area contributed by atoms with Crippen LogP contribution in [0.3, 0.4) is 0 Å². The van der Waals surface area contributed by atoms with Crippen LogP contribution < -0.4 is 0 Å². The van der Waals surface area contributed by atoms with Gasteiger partial charge < -0.3 is 18.3 Å². The number of benzene rings is 11. The van der Waals surface area contributed by atoms with Gasteiger partial charge in [0, 0.05) is 85.4 Å². The van der Waals surface area contributed by atoms with Gasteiger partial charge in [-0.1, -0.05) is 164 Å². The van der Waals surface area contributed by atoms with Gasteiger partial charge in [0.15, 0.2) is 0 Å². The molecule has 8 aromatic heterocycles. The lowest BCUT2D eigenvalue weighted by Crippen LogP contribution is -1.96. The van der Waals surface area contributed by atoms with Gasteiger partial charge in [-0.3, -0.25) is 0 Å². The first-order valence-electron chi connectivity index (χ1n) is 28.4. The molecule has 8 heteroatoms. The van der Waals surface area contributed by atoms with Gasteiger partial charge >= 0.3 is 0 Å². The Hall–Kier alpha value is -10.6. The fourth-order valence-corrected chi connectivity index (χ4v) is 15.5. The Bertz CT molecular complexity index is 5560. The minimum atomic E-state index is 1.06. The Balaban J connectivity index is 0.000000129. The third-order valence-corrected chi connectivity index (χ3v) is 19.3. The van der Waals surface area contributed by atoms with Crippen LogP contribution >= 0.6 is 22.7 Å². The van der Waals surface area contributed by atoms with Crippen molar-refractivity contribution in [2.75, 3.05) is 0 Å². The predicted molar refractivity (Wildman–Crippen MR) is 357 cm³/mol. The SMILES string of the molecule is c1ccc(-c2ccc3sc4ncc(-n5c6ccccc6c6cc(-n7c8ccccc8c8ccccc87)ccc65)cc4c3c2)cc1.c1ccc2c(c1)c1ccccc1n2-c1ccc2sc3ncc(-n4c5ccccc5c5ccccc54)cc3c2c1. The first-order chi connectivity index (χ1) is 41.7. The molecule has 0 saturated carbocycles. The van der Waals surface area contributed by atoms with Crippen LogP contribution in [-0.2, 0) is 0 Å². The maximum atomic E-state index is 5.01. The molecule has 0 saturated heterocycles. The molecule has 0 spiro atoms. The molecule has 19 aromatic rings. The van der Waals surface area contributed by atoms with Crippen molar-refractivity contribution in [3.8, 4) is 33.9 Å². The van der Waals surface area contributed by atoms with E-state index >= 15 is 0 Å². The summed E-state index contributed by atoms with van der Waals surface area (Å²) >= 11 is 3.52. The number of hydrogen-bond donors (Lipinski definition) is 0. The van der Waals surface area contributed by atoms with Gasteiger partial charge in [-0.25, -0.2) is 9.97 Å². The summed E-state index contributed by atoms with van der Waals surface area (Å²) in [6.07, 6.45) is 4.05. The third-order valence-electron chi connectivity index (χ3n) is 17.1. The van der Waals surface area contributed by atoms with Gasteiger partial charge in [0.25, 0.3) is 0 Å². The Morgan fingerprint density at radius 3 is 0.952 bits per heavy atom. The summed E-state index contributed by atoms with van der Waals surface area (Å²) in [7, 11) is 0. The number of nitrogens with zero attached hydrogens (tertiary/aromatic N) is 6. The topological polar surface area (TPSA) is 45.5 Å². The summed E-state index contributed by atoms with van der Waals surface area (Å²) in [5.41, 5.74) is 16.6. The van der Waals surface area contributed by atoms with E-state index in [4.69, 9.17) is 9.97 Å². The predicted octanol–water partition coefficient (Wildman–Crippen LogP) is 21.0. The molecule has 8 heterocycles. The largest absolute Gasteiger partial charge is 0.309 e. The van der Waals surface area contributed by atoms with Crippen LogP contribution in [0.2, 0.25) is 0 Å². The summed E-state index contributed by atoms with van der Waals surface area (Å²) < 4.78 is 12.0. The Kier molecular flexibility index (Phi) is 10.3. The van der Waals surface area contributed by atoms with E-state index < -0.39 is 0 Å². The first-order valence-corrected chi connectivity index (χ1v) is 30.0. The molecule has 6 nitrogen and oxygen atoms in total. The standard InChI is InChI=1S/C41H25N3S.C35H21N3S/c1-2-10-26(11-3-1)27-18-21-40-34(22-27)35-24-29(25-42-41(35)45-40)44-38-17-9-6-14-32(38)33-23-28(19-20-39(33)44)43-36-15-7-4-12-30(36)31-13-5-8-16-37(31)43;1-5-13-30-24(9-1)25-10-2-6-14-31(25)37(30)22-17-18-34-28(19-22)29-20-23(21-36-35(29)39-34)38-32-15-7-3-11-26(32)27-12-4-8-16-33(27)38/h1-25H;1-21H. The second-order valence-electron chi connectivity index (χ2n) is 21.7. The number of fused-ring (bicyclic) bond motifs is 18. The molecule has 0 fully saturated rings. The lowest BCUT2D eigenvalue weighted by Gasteiger charge is -2.10. The second-order valence-corrected chi connectivity index (χ2v) is 23.8. The Morgan fingerprint density at radius 1 is 0.214 bits per heavy atom. The average molecular weight is 1110 g/mol. The van der Waals surface area contributed by atoms with Crippen molar-refractivity contribution < 1.29 is 0 Å². The summed E-state index contributed by atoms with van der Waals surface area (Å²) in [5.74, 6) is 0. The summed E-state index contributed by atoms with van der Waals surface area (Å²) in [4.78, 5) is 12.1. The van der Waals surface area contributed by atoms with Gasteiger partial charge in [0.05, 0.1) is 67.9 Å². The summed E-state index contributed by atoms with van der Waals surface area (Å²) in [6, 6.07) is 96.5. The molecule has 19 rings (SSSR count). The average Bonchev–Trinajstić information content (AvgIpc) is 2.72. The molecule has 0 aliphatic heterocycles. The molecule has 0 bridgehead atoms. The quantitative estimate of drug-likeness (QED) is 0.172. The van der Waals surface area contributed by atoms with Gasteiger partial charge in [0.2, 0.25) is 0 Å². The molecule has 0 unspecified atom stereocenters. The van der Waals surface area contributed by atoms with Crippen molar-refractivity contribution in [2.45, 2.75) is 0 Å². The van der Waals surface area contributed by atoms with Crippen LogP contribution in [0, 0.1) is 0 Å². The molecule has 0 atom stereocenters. The smallest absolute Gasteiger partial charge is 0.124 e. The first kappa shape index (κ1) is 47.0. The highest BCUT2D eigenvalue weighted by molar-refractivity contribution is 7.25. The van der Waals surface area contributed by atoms with Gasteiger partial charge in [-0.2, -0.15) is 0 Å². The molecule has 11 aromatic carbocycles. The van der Waals surface area contributed by atoms with E-state index in [2.05, 4.69) is 285 Å². The van der Waals surface area contributed by atoms with Gasteiger partial charge in [0.1, 0.15) is 9.66 Å². The zero-order valence-electron chi connectivity index (χ0n) is 45.1. The normalized spacial score (nSPS) is 12.0. The summed E-state index contributed by atoms with van der Waals surface area (Å²) in [5, 5.41) is 15.0. The summed E-state index contributed by atoms with van der Waals surface area (Å²) in [6.45, 7) is 0. The van der Waals surface area contributed by atoms with Crippen LogP contribution in [0.5, 0.6) is 0 Å². The minimum Gasteiger partial charge on any atom is -0.309 e. The third kappa shape index (κ3) is 7.08. The fraction of sp³-hybridized carbons (Fsp3) is 0. The molecule has 0 aliphatic rings. The van der Waals surface area contributed by atoms with Crippen LogP contribution in [0.25, 0.3) is 162 Å². The Morgan fingerprint density at radius 2 is 0.524 bits per heavy atom. The van der Waals surface area contributed by atoms with Crippen molar-refractivity contribution in [3.05, 3.63) is 279 Å². The van der Waals surface area contributed by atoms with Crippen molar-refractivity contribution >= 4 is 151 Å². The van der Waals surface area contributed by atoms with Gasteiger partial charge in [-0.05, 0) is 114 Å². The second kappa shape index (κ2) is 18.4. The van der Waals surface area contributed by atoms with E-state index in [-0.39, 0.29) is 0 Å². The highest BCUT2D eigenvalue weighted by atomic mass is 32.1. The lowest BCUT2D eigenvalue weighted by molar-refractivity contribution is 1.15. The molecular weight excluding hydrogens is 1060 g/mol. The number of hydrogen-bond acceptors (Lipinski definition) is 4. The van der Waals surface area contributed by atoms with Crippen molar-refractivity contribution in [3.63, 3.8) is 0 Å². The Labute approximate surface area is 488 Å². The van der Waals surface area contributed by atoms with E-state index in [0.717, 1.165) is 26.7 Å². The maximum Gasteiger partial charge on any atom is 0.124 e. The number of para-hydroxylation sites is 7. The lowest BCUT2D eigenvalue weighted by atomic mass is 10.0. The number of pyridine rings is 2. The fourth-order valence-electron chi connectivity index (χ4n) is 13.5. The monoisotopic (exact) mass is 1110 g/mol. The van der Waals surface area contributed by atoms with Crippen molar-refractivity contribution in [1.82, 2.24) is 28.2 Å². The molecule has 0 N–H and O–H groups in total. The highest BCUT2D eigenvalue weighted by Crippen LogP contribution is 2.42. The van der Waals surface area contributed by atoms with Crippen LogP contribution in [-0.4, -0.2) is 28.2 Å². The van der Waals surface area contributed by atoms with E-state index in [1.807, 2.05) is 12.4 Å². The van der Waals surface area contributed by atoms with Crippen LogP contribution in [0.15, 0.2) is 279 Å². The number of rotatable bonds is 5. The molecule has 0 aliphatic carbocycles. The zero-order valence-corrected chi connectivity index (χ0v) is 46.7. The zero-order chi connectivity index (χ0) is 55.0. The van der Waals surface area contributed by atoms with E-state index in [1.54, 1.807) is 22.7 Å². The number of thiophene rings is 2. The van der Waals surface area contributed by atoms with E-state index in [0.29, 0.717) is 0 Å². The minimum absolute atomic E-state index is 1.06. The molecule has 84 heavy (non-hydrogen) atoms. The molecule has 0 amide bonds.